The highest BCUT2D eigenvalue weighted by Gasteiger charge is 2.39. The zero-order valence-electron chi connectivity index (χ0n) is 9.86. The third kappa shape index (κ3) is 2.05. The minimum Gasteiger partial charge on any atom is -0.496 e. The molecular formula is C13H16O4. The van der Waals surface area contributed by atoms with Gasteiger partial charge in [0.2, 0.25) is 6.79 Å². The van der Waals surface area contributed by atoms with Gasteiger partial charge in [0.15, 0.2) is 11.5 Å². The van der Waals surface area contributed by atoms with Gasteiger partial charge in [0.25, 0.3) is 0 Å². The van der Waals surface area contributed by atoms with Crippen LogP contribution in [0.4, 0.5) is 0 Å². The minimum absolute atomic E-state index is 0.270. The van der Waals surface area contributed by atoms with Crippen LogP contribution in [-0.4, -0.2) is 24.6 Å². The molecule has 0 bridgehead atoms. The standard InChI is InChI=1S/C13H16O4/c1-15-10-7-12-11(16-8-17-12)6-9(10)2-3-13(14)4-5-13/h6-7,14H,2-5,8H2,1H3. The predicted molar refractivity (Wildman–Crippen MR) is 61.6 cm³/mol. The molecule has 92 valence electrons. The molecule has 1 aliphatic heterocycles. The summed E-state index contributed by atoms with van der Waals surface area (Å²) in [4.78, 5) is 0. The van der Waals surface area contributed by atoms with Gasteiger partial charge in [-0.15, -0.1) is 0 Å². The molecule has 1 heterocycles. The Bertz CT molecular complexity index is 437. The van der Waals surface area contributed by atoms with Crippen LogP contribution in [0.5, 0.6) is 17.2 Å². The number of hydrogen-bond donors (Lipinski definition) is 1. The van der Waals surface area contributed by atoms with Crippen molar-refractivity contribution in [2.24, 2.45) is 0 Å². The van der Waals surface area contributed by atoms with Gasteiger partial charge in [-0.2, -0.15) is 0 Å². The summed E-state index contributed by atoms with van der Waals surface area (Å²) in [6, 6.07) is 3.81. The molecule has 0 spiro atoms. The third-order valence-electron chi connectivity index (χ3n) is 3.46. The van der Waals surface area contributed by atoms with Gasteiger partial charge in [-0.25, -0.2) is 0 Å². The first-order valence-electron chi connectivity index (χ1n) is 5.89. The monoisotopic (exact) mass is 236 g/mol. The van der Waals surface area contributed by atoms with Crippen molar-refractivity contribution in [1.29, 1.82) is 0 Å². The van der Waals surface area contributed by atoms with E-state index in [2.05, 4.69) is 0 Å². The van der Waals surface area contributed by atoms with Gasteiger partial charge in [0.05, 0.1) is 12.7 Å². The molecule has 1 N–H and O–H groups in total. The van der Waals surface area contributed by atoms with Crippen LogP contribution >= 0.6 is 0 Å². The van der Waals surface area contributed by atoms with Crippen molar-refractivity contribution in [3.63, 3.8) is 0 Å². The van der Waals surface area contributed by atoms with Crippen molar-refractivity contribution in [2.75, 3.05) is 13.9 Å². The van der Waals surface area contributed by atoms with Crippen molar-refractivity contribution in [3.05, 3.63) is 17.7 Å². The molecule has 0 radical (unpaired) electrons. The Labute approximate surface area is 100 Å². The molecule has 0 aromatic heterocycles. The Morgan fingerprint density at radius 1 is 1.29 bits per heavy atom. The molecule has 2 aliphatic rings. The lowest BCUT2D eigenvalue weighted by atomic mass is 10.0. The van der Waals surface area contributed by atoms with Crippen molar-refractivity contribution in [3.8, 4) is 17.2 Å². The van der Waals surface area contributed by atoms with E-state index in [1.807, 2.05) is 12.1 Å². The molecular weight excluding hydrogens is 220 g/mol. The Morgan fingerprint density at radius 3 is 2.65 bits per heavy atom. The quantitative estimate of drug-likeness (QED) is 0.867. The minimum atomic E-state index is -0.429. The Kier molecular flexibility index (Phi) is 2.40. The summed E-state index contributed by atoms with van der Waals surface area (Å²) in [6.45, 7) is 0.270. The number of benzene rings is 1. The van der Waals surface area contributed by atoms with Gasteiger partial charge in [-0.3, -0.25) is 0 Å². The maximum Gasteiger partial charge on any atom is 0.231 e. The maximum atomic E-state index is 9.85. The molecule has 1 saturated carbocycles. The first-order chi connectivity index (χ1) is 8.20. The topological polar surface area (TPSA) is 47.9 Å². The number of rotatable bonds is 4. The number of hydrogen-bond acceptors (Lipinski definition) is 4. The molecule has 0 unspecified atom stereocenters. The molecule has 4 nitrogen and oxygen atoms in total. The highest BCUT2D eigenvalue weighted by atomic mass is 16.7. The Hall–Kier alpha value is -1.42. The first kappa shape index (κ1) is 10.7. The average molecular weight is 236 g/mol. The summed E-state index contributed by atoms with van der Waals surface area (Å²) in [5, 5.41) is 9.85. The van der Waals surface area contributed by atoms with Crippen molar-refractivity contribution >= 4 is 0 Å². The second-order valence-corrected chi connectivity index (χ2v) is 4.74. The van der Waals surface area contributed by atoms with Crippen LogP contribution in [0.25, 0.3) is 0 Å². The van der Waals surface area contributed by atoms with E-state index in [1.54, 1.807) is 7.11 Å². The fourth-order valence-corrected chi connectivity index (χ4v) is 2.11. The molecule has 1 aromatic rings. The molecule has 1 aliphatic carbocycles. The van der Waals surface area contributed by atoms with E-state index < -0.39 is 5.60 Å². The summed E-state index contributed by atoms with van der Waals surface area (Å²) in [5.74, 6) is 2.30. The molecule has 3 rings (SSSR count). The molecule has 17 heavy (non-hydrogen) atoms. The van der Waals surface area contributed by atoms with Crippen LogP contribution in [0, 0.1) is 0 Å². The number of methoxy groups -OCH3 is 1. The largest absolute Gasteiger partial charge is 0.496 e. The van der Waals surface area contributed by atoms with Crippen LogP contribution in [0.1, 0.15) is 24.8 Å². The predicted octanol–water partition coefficient (Wildman–Crippen LogP) is 1.88. The van der Waals surface area contributed by atoms with Gasteiger partial charge in [0.1, 0.15) is 5.75 Å². The zero-order valence-corrected chi connectivity index (χ0v) is 9.86. The van der Waals surface area contributed by atoms with E-state index >= 15 is 0 Å². The van der Waals surface area contributed by atoms with Gasteiger partial charge in [0, 0.05) is 6.07 Å². The normalized spacial score (nSPS) is 19.2. The van der Waals surface area contributed by atoms with Crippen molar-refractivity contribution < 1.29 is 19.3 Å². The highest BCUT2D eigenvalue weighted by molar-refractivity contribution is 5.51. The SMILES string of the molecule is COc1cc2c(cc1CCC1(O)CC1)OCO2. The zero-order chi connectivity index (χ0) is 11.9. The summed E-state index contributed by atoms with van der Waals surface area (Å²) in [5.41, 5.74) is 0.638. The van der Waals surface area contributed by atoms with Gasteiger partial charge < -0.3 is 19.3 Å². The van der Waals surface area contributed by atoms with E-state index in [0.717, 1.165) is 48.5 Å². The molecule has 0 atom stereocenters. The van der Waals surface area contributed by atoms with Crippen molar-refractivity contribution in [2.45, 2.75) is 31.3 Å². The van der Waals surface area contributed by atoms with Crippen LogP contribution in [0.2, 0.25) is 0 Å². The van der Waals surface area contributed by atoms with E-state index in [0.29, 0.717) is 0 Å². The second kappa shape index (κ2) is 3.81. The summed E-state index contributed by atoms with van der Waals surface area (Å²) >= 11 is 0. The first-order valence-corrected chi connectivity index (χ1v) is 5.89. The number of aliphatic hydroxyl groups is 1. The van der Waals surface area contributed by atoms with Gasteiger partial charge in [-0.05, 0) is 37.3 Å². The van der Waals surface area contributed by atoms with Crippen molar-refractivity contribution in [1.82, 2.24) is 0 Å². The summed E-state index contributed by atoms with van der Waals surface area (Å²) in [7, 11) is 1.65. The van der Waals surface area contributed by atoms with E-state index in [9.17, 15) is 5.11 Å². The van der Waals surface area contributed by atoms with E-state index in [-0.39, 0.29) is 6.79 Å². The lowest BCUT2D eigenvalue weighted by Gasteiger charge is -2.12. The third-order valence-corrected chi connectivity index (χ3v) is 3.46. The number of ether oxygens (including phenoxy) is 3. The smallest absolute Gasteiger partial charge is 0.231 e. The van der Waals surface area contributed by atoms with E-state index in [4.69, 9.17) is 14.2 Å². The second-order valence-electron chi connectivity index (χ2n) is 4.74. The average Bonchev–Trinajstić information content (AvgIpc) is 2.91. The van der Waals surface area contributed by atoms with Crippen LogP contribution < -0.4 is 14.2 Å². The van der Waals surface area contributed by atoms with Gasteiger partial charge >= 0.3 is 0 Å². The lowest BCUT2D eigenvalue weighted by Crippen LogP contribution is -2.08. The maximum absolute atomic E-state index is 9.85. The number of fused-ring (bicyclic) bond motifs is 1. The lowest BCUT2D eigenvalue weighted by molar-refractivity contribution is 0.140. The van der Waals surface area contributed by atoms with Crippen LogP contribution in [0.3, 0.4) is 0 Å². The van der Waals surface area contributed by atoms with Gasteiger partial charge in [-0.1, -0.05) is 0 Å². The van der Waals surface area contributed by atoms with E-state index in [1.165, 1.54) is 0 Å². The van der Waals surface area contributed by atoms with Crippen LogP contribution in [0.15, 0.2) is 12.1 Å². The fourth-order valence-electron chi connectivity index (χ4n) is 2.11. The Balaban J connectivity index is 1.81. The molecule has 1 fully saturated rings. The summed E-state index contributed by atoms with van der Waals surface area (Å²) < 4.78 is 16.0. The molecule has 4 heteroatoms. The molecule has 0 amide bonds. The summed E-state index contributed by atoms with van der Waals surface area (Å²) in [6.07, 6.45) is 3.42. The van der Waals surface area contributed by atoms with Crippen LogP contribution in [-0.2, 0) is 6.42 Å². The molecule has 1 aromatic carbocycles. The fraction of sp³-hybridized carbons (Fsp3) is 0.538. The Morgan fingerprint density at radius 2 is 2.00 bits per heavy atom. The highest BCUT2D eigenvalue weighted by Crippen LogP contribution is 2.42. The molecule has 0 saturated heterocycles. The number of aryl methyl sites for hydroxylation is 1.